The second-order valence-electron chi connectivity index (χ2n) is 6.54. The molecule has 2 rings (SSSR count). The fourth-order valence-electron chi connectivity index (χ4n) is 2.65. The topological polar surface area (TPSA) is 59.2 Å². The van der Waals surface area contributed by atoms with Gasteiger partial charge in [0, 0.05) is 30.4 Å². The minimum Gasteiger partial charge on any atom is -0.342 e. The van der Waals surface area contributed by atoms with E-state index in [9.17, 15) is 4.79 Å². The maximum atomic E-state index is 12.5. The number of thiazole rings is 1. The van der Waals surface area contributed by atoms with Crippen molar-refractivity contribution in [2.45, 2.75) is 58.4 Å². The summed E-state index contributed by atoms with van der Waals surface area (Å²) in [5.74, 6) is 0.941. The van der Waals surface area contributed by atoms with Gasteiger partial charge in [0.2, 0.25) is 5.91 Å². The van der Waals surface area contributed by atoms with Crippen LogP contribution < -0.4 is 5.73 Å². The molecule has 1 aliphatic heterocycles. The molecule has 3 atom stereocenters. The predicted molar refractivity (Wildman–Crippen MR) is 87.6 cm³/mol. The third-order valence-electron chi connectivity index (χ3n) is 4.39. The highest BCUT2D eigenvalue weighted by atomic mass is 32.1. The third-order valence-corrected chi connectivity index (χ3v) is 5.42. The Morgan fingerprint density at radius 3 is 2.71 bits per heavy atom. The summed E-state index contributed by atoms with van der Waals surface area (Å²) in [4.78, 5) is 19.2. The fraction of sp³-hybridized carbons (Fsp3) is 0.750. The molecule has 0 aliphatic carbocycles. The van der Waals surface area contributed by atoms with Gasteiger partial charge in [-0.05, 0) is 25.7 Å². The van der Waals surface area contributed by atoms with Crippen molar-refractivity contribution in [3.05, 3.63) is 16.1 Å². The standard InChI is InChI=1S/C16H27N3OS/c1-10(2)14-9-21-15(18-14)13-6-5-7-19(8-13)16(20)11(3)12(4)17/h9-13H,5-8,17H2,1-4H3. The molecule has 2 N–H and O–H groups in total. The number of carbonyl (C=O) groups excluding carboxylic acids is 1. The lowest BCUT2D eigenvalue weighted by atomic mass is 9.95. The number of hydrogen-bond acceptors (Lipinski definition) is 4. The third kappa shape index (κ3) is 3.83. The van der Waals surface area contributed by atoms with E-state index >= 15 is 0 Å². The van der Waals surface area contributed by atoms with E-state index in [1.807, 2.05) is 18.7 Å². The van der Waals surface area contributed by atoms with Crippen LogP contribution in [0.25, 0.3) is 0 Å². The van der Waals surface area contributed by atoms with E-state index in [1.165, 1.54) is 10.7 Å². The number of hydrogen-bond donors (Lipinski definition) is 1. The summed E-state index contributed by atoms with van der Waals surface area (Å²) < 4.78 is 0. The maximum Gasteiger partial charge on any atom is 0.226 e. The van der Waals surface area contributed by atoms with Crippen molar-refractivity contribution in [2.24, 2.45) is 11.7 Å². The minimum absolute atomic E-state index is 0.0923. The Balaban J connectivity index is 2.04. The molecule has 1 aromatic rings. The van der Waals surface area contributed by atoms with Gasteiger partial charge in [-0.2, -0.15) is 0 Å². The second kappa shape index (κ2) is 6.88. The van der Waals surface area contributed by atoms with Crippen LogP contribution in [0.1, 0.15) is 63.1 Å². The van der Waals surface area contributed by atoms with Crippen LogP contribution in [-0.2, 0) is 4.79 Å². The highest BCUT2D eigenvalue weighted by Gasteiger charge is 2.30. The number of rotatable bonds is 4. The number of nitrogens with zero attached hydrogens (tertiary/aromatic N) is 2. The molecule has 4 nitrogen and oxygen atoms in total. The van der Waals surface area contributed by atoms with Crippen LogP contribution in [0.15, 0.2) is 5.38 Å². The number of carbonyl (C=O) groups is 1. The minimum atomic E-state index is -0.105. The second-order valence-corrected chi connectivity index (χ2v) is 7.43. The molecule has 1 amide bonds. The van der Waals surface area contributed by atoms with Crippen molar-refractivity contribution in [3.63, 3.8) is 0 Å². The molecule has 1 saturated heterocycles. The van der Waals surface area contributed by atoms with Crippen molar-refractivity contribution in [1.29, 1.82) is 0 Å². The molecule has 0 radical (unpaired) electrons. The Bertz CT molecular complexity index is 484. The van der Waals surface area contributed by atoms with Gasteiger partial charge in [-0.1, -0.05) is 20.8 Å². The van der Waals surface area contributed by atoms with Crippen molar-refractivity contribution in [3.8, 4) is 0 Å². The number of piperidine rings is 1. The largest absolute Gasteiger partial charge is 0.342 e. The smallest absolute Gasteiger partial charge is 0.226 e. The van der Waals surface area contributed by atoms with Crippen molar-refractivity contribution < 1.29 is 4.79 Å². The number of likely N-dealkylation sites (tertiary alicyclic amines) is 1. The summed E-state index contributed by atoms with van der Waals surface area (Å²) in [5.41, 5.74) is 7.04. The Labute approximate surface area is 131 Å². The zero-order valence-electron chi connectivity index (χ0n) is 13.5. The zero-order chi connectivity index (χ0) is 15.6. The Kier molecular flexibility index (Phi) is 5.38. The van der Waals surface area contributed by atoms with Gasteiger partial charge in [-0.3, -0.25) is 4.79 Å². The van der Waals surface area contributed by atoms with Crippen molar-refractivity contribution in [1.82, 2.24) is 9.88 Å². The quantitative estimate of drug-likeness (QED) is 0.930. The van der Waals surface area contributed by atoms with Gasteiger partial charge >= 0.3 is 0 Å². The molecule has 3 unspecified atom stereocenters. The van der Waals surface area contributed by atoms with Crippen LogP contribution in [0.5, 0.6) is 0 Å². The molecular formula is C16H27N3OS. The first-order chi connectivity index (χ1) is 9.90. The molecule has 0 aromatic carbocycles. The fourth-order valence-corrected chi connectivity index (χ4v) is 3.75. The normalized spacial score (nSPS) is 22.4. The van der Waals surface area contributed by atoms with Crippen LogP contribution in [0.2, 0.25) is 0 Å². The van der Waals surface area contributed by atoms with Crippen molar-refractivity contribution >= 4 is 17.2 Å². The van der Waals surface area contributed by atoms with Crippen LogP contribution in [0.4, 0.5) is 0 Å². The van der Waals surface area contributed by atoms with Gasteiger partial charge in [-0.25, -0.2) is 4.98 Å². The Morgan fingerprint density at radius 2 is 2.14 bits per heavy atom. The van der Waals surface area contributed by atoms with E-state index in [2.05, 4.69) is 19.2 Å². The monoisotopic (exact) mass is 309 g/mol. The molecule has 0 bridgehead atoms. The molecule has 5 heteroatoms. The molecule has 118 valence electrons. The lowest BCUT2D eigenvalue weighted by Gasteiger charge is -2.34. The molecule has 0 spiro atoms. The van der Waals surface area contributed by atoms with E-state index in [-0.39, 0.29) is 17.9 Å². The van der Waals surface area contributed by atoms with Crippen molar-refractivity contribution in [2.75, 3.05) is 13.1 Å². The van der Waals surface area contributed by atoms with Crippen LogP contribution in [0.3, 0.4) is 0 Å². The lowest BCUT2D eigenvalue weighted by molar-refractivity contribution is -0.136. The number of amides is 1. The summed E-state index contributed by atoms with van der Waals surface area (Å²) in [7, 11) is 0. The number of nitrogens with two attached hydrogens (primary N) is 1. The summed E-state index contributed by atoms with van der Waals surface area (Å²) in [6, 6.07) is -0.0923. The average molecular weight is 309 g/mol. The van der Waals surface area contributed by atoms with Gasteiger partial charge < -0.3 is 10.6 Å². The van der Waals surface area contributed by atoms with Gasteiger partial charge in [0.15, 0.2) is 0 Å². The summed E-state index contributed by atoms with van der Waals surface area (Å²) in [6.45, 7) is 9.81. The van der Waals surface area contributed by atoms with Crippen LogP contribution in [-0.4, -0.2) is 34.9 Å². The molecule has 2 heterocycles. The summed E-state index contributed by atoms with van der Waals surface area (Å²) >= 11 is 1.74. The molecular weight excluding hydrogens is 282 g/mol. The SMILES string of the molecule is CC(C)c1csc(C2CCCN(C(=O)C(C)C(C)N)C2)n1. The highest BCUT2D eigenvalue weighted by Crippen LogP contribution is 2.31. The molecule has 1 aliphatic rings. The van der Waals surface area contributed by atoms with E-state index in [0.29, 0.717) is 11.8 Å². The maximum absolute atomic E-state index is 12.5. The first kappa shape index (κ1) is 16.4. The van der Waals surface area contributed by atoms with E-state index in [4.69, 9.17) is 10.7 Å². The van der Waals surface area contributed by atoms with Gasteiger partial charge in [0.1, 0.15) is 0 Å². The van der Waals surface area contributed by atoms with E-state index < -0.39 is 0 Å². The lowest BCUT2D eigenvalue weighted by Crippen LogP contribution is -2.45. The number of aromatic nitrogens is 1. The molecule has 21 heavy (non-hydrogen) atoms. The Morgan fingerprint density at radius 1 is 1.43 bits per heavy atom. The Hall–Kier alpha value is -0.940. The average Bonchev–Trinajstić information content (AvgIpc) is 2.95. The van der Waals surface area contributed by atoms with Gasteiger partial charge in [-0.15, -0.1) is 11.3 Å². The van der Waals surface area contributed by atoms with E-state index in [1.54, 1.807) is 11.3 Å². The first-order valence-corrected chi connectivity index (χ1v) is 8.77. The summed E-state index contributed by atoms with van der Waals surface area (Å²) in [6.07, 6.45) is 2.18. The summed E-state index contributed by atoms with van der Waals surface area (Å²) in [5, 5.41) is 3.34. The molecule has 1 fully saturated rings. The first-order valence-electron chi connectivity index (χ1n) is 7.89. The predicted octanol–water partition coefficient (Wildman–Crippen LogP) is 2.96. The van der Waals surface area contributed by atoms with Gasteiger partial charge in [0.25, 0.3) is 0 Å². The zero-order valence-corrected chi connectivity index (χ0v) is 14.3. The van der Waals surface area contributed by atoms with Crippen LogP contribution >= 0.6 is 11.3 Å². The highest BCUT2D eigenvalue weighted by molar-refractivity contribution is 7.09. The van der Waals surface area contributed by atoms with Gasteiger partial charge in [0.05, 0.1) is 16.6 Å². The molecule has 1 aromatic heterocycles. The molecule has 0 saturated carbocycles. The van der Waals surface area contributed by atoms with Crippen LogP contribution in [0, 0.1) is 5.92 Å². The van der Waals surface area contributed by atoms with E-state index in [0.717, 1.165) is 25.9 Å².